The molecule has 112 heavy (non-hydrogen) atoms. The molecule has 3 heterocycles. The number of rotatable bonds is 14. The Morgan fingerprint density at radius 3 is 1.08 bits per heavy atom. The van der Waals surface area contributed by atoms with Crippen molar-refractivity contribution in [1.82, 2.24) is 15.0 Å². The van der Waals surface area contributed by atoms with E-state index in [0.29, 0.717) is 33.2 Å². The molecule has 22 nitrogen and oxygen atoms in total. The average molecular weight is 1750 g/mol. The van der Waals surface area contributed by atoms with Gasteiger partial charge in [-0.05, 0) is 142 Å². The van der Waals surface area contributed by atoms with Gasteiger partial charge < -0.3 is 34.0 Å². The zero-order valence-electron chi connectivity index (χ0n) is 56.9. The van der Waals surface area contributed by atoms with E-state index in [2.05, 4.69) is 63.7 Å². The zero-order valence-corrected chi connectivity index (χ0v) is 63.3. The second-order valence-corrected chi connectivity index (χ2v) is 31.2. The Hall–Kier alpha value is -9.92. The Morgan fingerprint density at radius 2 is 0.696 bits per heavy atom. The number of benzene rings is 8. The molecule has 3 aromatic heterocycles. The van der Waals surface area contributed by atoms with Gasteiger partial charge >= 0.3 is 31.8 Å². The van der Waals surface area contributed by atoms with Crippen LogP contribution in [0.25, 0.3) is 32.7 Å². The molecular weight excluding hydrogens is 1700 g/mol. The summed E-state index contributed by atoms with van der Waals surface area (Å²) in [6.07, 6.45) is -20.1. The highest BCUT2D eigenvalue weighted by atomic mass is 35.7. The summed E-state index contributed by atoms with van der Waals surface area (Å²) in [5.41, 5.74) is 11.3. The van der Waals surface area contributed by atoms with Crippen LogP contribution in [0.15, 0.2) is 226 Å². The molecule has 1 atom stereocenters. The smallest absolute Gasteiger partial charge is 0.573 e. The van der Waals surface area contributed by atoms with Crippen LogP contribution >= 0.6 is 33.2 Å². The lowest BCUT2D eigenvalue weighted by Crippen LogP contribution is -2.21. The molecule has 1 unspecified atom stereocenters. The maximum absolute atomic E-state index is 12.6. The molecule has 0 saturated carbocycles. The molecule has 45 heteroatoms. The van der Waals surface area contributed by atoms with Crippen LogP contribution in [0.2, 0.25) is 0 Å². The second kappa shape index (κ2) is 39.0. The zero-order chi connectivity index (χ0) is 84.2. The molecule has 0 bridgehead atoms. The normalized spacial score (nSPS) is 12.1. The van der Waals surface area contributed by atoms with Crippen LogP contribution in [-0.4, -0.2) is 89.2 Å². The summed E-state index contributed by atoms with van der Waals surface area (Å²) in [5, 5.41) is 2.50. The Balaban J connectivity index is 0.000000244. The third kappa shape index (κ3) is 32.8. The van der Waals surface area contributed by atoms with Gasteiger partial charge in [-0.2, -0.15) is 3.74 Å². The lowest BCUT2D eigenvalue weighted by molar-refractivity contribution is -0.276. The standard InChI is InChI=1S/2C17H13F3N2O3S.C9H8N2.2C8H6ClF3O3S.C8H7F3O.ClHO3S/c1-11-6-7-14(25-17(18,19)20)9-16(11)26(23,24)22-13-8-12-4-2-3-5-15(12)21-10-13;1-11-6-7-15(25-17(18,19)20)16(8-11)26(23,24)22-13-9-12-4-2-3-5-14(12)21-10-13;10-8-5-7-3-1-2-4-9(7)11-6-8;1-5-2-3-6(15-8(10,11)12)4-7(5)16(9,13)14;1-5-2-3-6(15-8(10,11)12)7(4-5)16(9,13)14;1-6-2-4-7(5-3-6)12-8(9,10)11;1-4-5(2)3/h2*2-10,22H,1H3;1-6H,10H2;2*2-4H,1H3;2-5H,1H3;(H,2,3)/p-1. The first-order chi connectivity index (χ1) is 51.6. The van der Waals surface area contributed by atoms with Gasteiger partial charge in [0.25, 0.3) is 38.1 Å². The minimum Gasteiger partial charge on any atom is -0.749 e. The van der Waals surface area contributed by atoms with Gasteiger partial charge in [-0.3, -0.25) is 24.4 Å². The summed E-state index contributed by atoms with van der Waals surface area (Å²) in [4.78, 5) is 10.4. The number of para-hydroxylation sites is 3. The highest BCUT2D eigenvalue weighted by Gasteiger charge is 2.37. The van der Waals surface area contributed by atoms with Crippen molar-refractivity contribution >= 4 is 133 Å². The lowest BCUT2D eigenvalue weighted by Gasteiger charge is -2.15. The number of anilines is 3. The largest absolute Gasteiger partial charge is 0.749 e. The van der Waals surface area contributed by atoms with Crippen molar-refractivity contribution in [2.24, 2.45) is 0 Å². The summed E-state index contributed by atoms with van der Waals surface area (Å²) in [6.45, 7) is 7.76. The number of fused-ring (bicyclic) bond motifs is 3. The van der Waals surface area contributed by atoms with Crippen LogP contribution in [0.5, 0.6) is 28.7 Å². The molecule has 0 aliphatic rings. The molecule has 604 valence electrons. The predicted octanol–water partition coefficient (Wildman–Crippen LogP) is 18.8. The fourth-order valence-electron chi connectivity index (χ4n) is 8.66. The van der Waals surface area contributed by atoms with Gasteiger partial charge in [0.05, 0.1) is 73.9 Å². The molecule has 0 aliphatic carbocycles. The summed E-state index contributed by atoms with van der Waals surface area (Å²) >= 11 is 1.67. The Bertz CT molecular complexity index is 5570. The Kier molecular flexibility index (Phi) is 32.3. The van der Waals surface area contributed by atoms with Crippen molar-refractivity contribution in [1.29, 1.82) is 0 Å². The van der Waals surface area contributed by atoms with Crippen molar-refractivity contribution in [2.75, 3.05) is 15.2 Å². The van der Waals surface area contributed by atoms with Gasteiger partial charge in [0.15, 0.2) is 0 Å². The number of pyridine rings is 3. The van der Waals surface area contributed by atoms with E-state index in [1.54, 1.807) is 92.8 Å². The molecular formula is C67H53Cl3F15N6O16S5-. The summed E-state index contributed by atoms with van der Waals surface area (Å²) < 4.78 is 320. The van der Waals surface area contributed by atoms with Crippen LogP contribution in [0.3, 0.4) is 0 Å². The van der Waals surface area contributed by atoms with Crippen molar-refractivity contribution in [3.05, 3.63) is 234 Å². The van der Waals surface area contributed by atoms with E-state index in [-0.39, 0.29) is 33.1 Å². The number of nitrogens with one attached hydrogen (secondary N) is 2. The lowest BCUT2D eigenvalue weighted by atomic mass is 10.2. The van der Waals surface area contributed by atoms with Crippen LogP contribution in [0.4, 0.5) is 82.9 Å². The molecule has 0 saturated heterocycles. The van der Waals surface area contributed by atoms with E-state index in [9.17, 15) is 99.5 Å². The van der Waals surface area contributed by atoms with Gasteiger partial charge in [-0.1, -0.05) is 96.6 Å². The number of ether oxygens (including phenoxy) is 5. The second-order valence-electron chi connectivity index (χ2n) is 22.0. The van der Waals surface area contributed by atoms with Crippen molar-refractivity contribution < 1.29 is 136 Å². The number of aryl methyl sites for hydroxylation is 5. The first-order valence-electron chi connectivity index (χ1n) is 30.0. The molecule has 8 aromatic carbocycles. The molecule has 0 fully saturated rings. The number of nitrogens with two attached hydrogens (primary N) is 1. The van der Waals surface area contributed by atoms with E-state index >= 15 is 0 Å². The number of hydrogen-bond acceptors (Lipinski definition) is 20. The predicted molar refractivity (Wildman–Crippen MR) is 383 cm³/mol. The molecule has 0 radical (unpaired) electrons. The third-order valence-electron chi connectivity index (χ3n) is 13.1. The van der Waals surface area contributed by atoms with Gasteiger partial charge in [-0.25, -0.2) is 37.9 Å². The van der Waals surface area contributed by atoms with Crippen LogP contribution in [0, 0.1) is 34.6 Å². The summed E-state index contributed by atoms with van der Waals surface area (Å²) in [6, 6.07) is 45.4. The first-order valence-corrected chi connectivity index (χ1v) is 38.9. The van der Waals surface area contributed by atoms with Crippen molar-refractivity contribution in [3.63, 3.8) is 0 Å². The number of hydrogen-bond donors (Lipinski definition) is 3. The van der Waals surface area contributed by atoms with Gasteiger partial charge in [-0.15, -0.1) is 65.9 Å². The number of aromatic nitrogens is 3. The maximum atomic E-state index is 12.6. The Morgan fingerprint density at radius 1 is 0.384 bits per heavy atom. The number of nitrogen functional groups attached to an aromatic ring is 1. The fraction of sp³-hybridized carbons (Fsp3) is 0.149. The molecule has 0 aliphatic heterocycles. The number of alkyl halides is 15. The van der Waals surface area contributed by atoms with Crippen LogP contribution < -0.4 is 38.9 Å². The fourth-order valence-corrected chi connectivity index (χ4v) is 13.4. The average Bonchev–Trinajstić information content (AvgIpc) is 0.799. The van der Waals surface area contributed by atoms with Crippen molar-refractivity contribution in [2.45, 2.75) is 86.0 Å². The van der Waals surface area contributed by atoms with Crippen molar-refractivity contribution in [3.8, 4) is 28.7 Å². The first kappa shape index (κ1) is 92.7. The molecule has 11 aromatic rings. The van der Waals surface area contributed by atoms with Gasteiger partial charge in [0, 0.05) is 49.7 Å². The summed E-state index contributed by atoms with van der Waals surface area (Å²) in [7, 11) is -6.79. The highest BCUT2D eigenvalue weighted by Crippen LogP contribution is 2.36. The maximum Gasteiger partial charge on any atom is 0.573 e. The number of halogens is 18. The minimum absolute atomic E-state index is 0.128. The SMILES string of the molecule is Cc1ccc(OC(F)(F)F)c(S(=O)(=O)Cl)c1.Cc1ccc(OC(F)(F)F)c(S(=O)(=O)Nc2cnc3ccccc3c2)c1.Cc1ccc(OC(F)(F)F)cc1.Cc1ccc(OC(F)(F)F)cc1S(=O)(=O)Cl.Cc1ccc(OC(F)(F)F)cc1S(=O)(=O)Nc1cnc2ccccc2c1.Nc1cnc2ccccc2c1.O=S([O-])OCl. The monoisotopic (exact) mass is 1750 g/mol. The Labute approximate surface area is 643 Å². The van der Waals surface area contributed by atoms with E-state index in [1.807, 2.05) is 30.3 Å². The van der Waals surface area contributed by atoms with Crippen LogP contribution in [-0.2, 0) is 53.2 Å². The third-order valence-corrected chi connectivity index (χ3v) is 19.3. The van der Waals surface area contributed by atoms with Gasteiger partial charge in [0.1, 0.15) is 49.9 Å². The van der Waals surface area contributed by atoms with E-state index in [1.165, 1.54) is 69.6 Å². The highest BCUT2D eigenvalue weighted by molar-refractivity contribution is 8.14. The quantitative estimate of drug-likeness (QED) is 0.0517. The van der Waals surface area contributed by atoms with E-state index < -0.39 is 119 Å². The molecule has 4 N–H and O–H groups in total. The minimum atomic E-state index is -5.01. The molecule has 0 spiro atoms. The van der Waals surface area contributed by atoms with Gasteiger partial charge in [0.2, 0.25) is 0 Å². The summed E-state index contributed by atoms with van der Waals surface area (Å²) in [5.74, 6) is -3.07. The number of nitrogens with zero attached hydrogens (tertiary/aromatic N) is 3. The van der Waals surface area contributed by atoms with E-state index in [4.69, 9.17) is 35.9 Å². The topological polar surface area (TPSA) is 321 Å². The number of sulfonamides is 2. The molecule has 0 amide bonds. The van der Waals surface area contributed by atoms with E-state index in [0.717, 1.165) is 70.4 Å². The van der Waals surface area contributed by atoms with Crippen LogP contribution in [0.1, 0.15) is 27.8 Å². The molecule has 11 rings (SSSR count).